The molecule has 0 bridgehead atoms. The molecule has 2 amide bonds. The van der Waals surface area contributed by atoms with Gasteiger partial charge in [-0.05, 0) is 36.2 Å². The van der Waals surface area contributed by atoms with Crippen molar-refractivity contribution in [1.82, 2.24) is 5.43 Å². The third-order valence-electron chi connectivity index (χ3n) is 3.58. The lowest BCUT2D eigenvalue weighted by atomic mass is 10.1. The lowest BCUT2D eigenvalue weighted by molar-refractivity contribution is -0.121. The van der Waals surface area contributed by atoms with Crippen molar-refractivity contribution in [3.63, 3.8) is 0 Å². The van der Waals surface area contributed by atoms with Crippen LogP contribution < -0.4 is 10.7 Å². The van der Waals surface area contributed by atoms with Gasteiger partial charge in [0, 0.05) is 17.8 Å². The molecular formula is C19H23N3O2. The zero-order valence-electron chi connectivity index (χ0n) is 14.1. The van der Waals surface area contributed by atoms with Crippen LogP contribution in [0.1, 0.15) is 39.5 Å². The van der Waals surface area contributed by atoms with Gasteiger partial charge in [-0.1, -0.05) is 43.7 Å². The van der Waals surface area contributed by atoms with Crippen LogP contribution in [0, 0.1) is 0 Å². The van der Waals surface area contributed by atoms with Gasteiger partial charge in [0.15, 0.2) is 0 Å². The van der Waals surface area contributed by atoms with Crippen molar-refractivity contribution < 1.29 is 9.59 Å². The van der Waals surface area contributed by atoms with Crippen molar-refractivity contribution in [3.05, 3.63) is 42.5 Å². The van der Waals surface area contributed by atoms with Crippen molar-refractivity contribution in [2.75, 3.05) is 5.32 Å². The van der Waals surface area contributed by atoms with E-state index in [0.29, 0.717) is 12.1 Å². The van der Waals surface area contributed by atoms with Crippen LogP contribution in [0.2, 0.25) is 0 Å². The van der Waals surface area contributed by atoms with Crippen molar-refractivity contribution in [1.29, 1.82) is 0 Å². The molecule has 5 heteroatoms. The maximum absolute atomic E-state index is 12.1. The summed E-state index contributed by atoms with van der Waals surface area (Å²) in [6.07, 6.45) is 2.39. The van der Waals surface area contributed by atoms with Gasteiger partial charge in [0.2, 0.25) is 11.8 Å². The Balaban J connectivity index is 1.88. The SMILES string of the molecule is CCCCC(=O)NN=C(C)CC(=O)Nc1ccc2ccccc2c1. The molecule has 2 N–H and O–H groups in total. The van der Waals surface area contributed by atoms with Crippen molar-refractivity contribution in [3.8, 4) is 0 Å². The molecule has 0 aliphatic rings. The number of amides is 2. The first kappa shape index (κ1) is 17.7. The summed E-state index contributed by atoms with van der Waals surface area (Å²) in [6.45, 7) is 3.75. The molecular weight excluding hydrogens is 302 g/mol. The molecule has 0 fully saturated rings. The largest absolute Gasteiger partial charge is 0.326 e. The van der Waals surface area contributed by atoms with Crippen molar-refractivity contribution >= 4 is 34.0 Å². The molecule has 24 heavy (non-hydrogen) atoms. The van der Waals surface area contributed by atoms with E-state index < -0.39 is 0 Å². The molecule has 0 heterocycles. The number of fused-ring (bicyclic) bond motifs is 1. The van der Waals surface area contributed by atoms with E-state index in [-0.39, 0.29) is 18.2 Å². The van der Waals surface area contributed by atoms with Gasteiger partial charge in [-0.2, -0.15) is 5.10 Å². The number of carbonyl (C=O) groups is 2. The zero-order valence-corrected chi connectivity index (χ0v) is 14.1. The smallest absolute Gasteiger partial charge is 0.240 e. The summed E-state index contributed by atoms with van der Waals surface area (Å²) in [5.41, 5.74) is 3.80. The van der Waals surface area contributed by atoms with Crippen LogP contribution in [0.4, 0.5) is 5.69 Å². The standard InChI is InChI=1S/C19H23N3O2/c1-3-4-9-18(23)22-21-14(2)12-19(24)20-17-11-10-15-7-5-6-8-16(15)13-17/h5-8,10-11,13H,3-4,9,12H2,1-2H3,(H,20,24)(H,22,23). The fourth-order valence-electron chi connectivity index (χ4n) is 2.30. The predicted molar refractivity (Wildman–Crippen MR) is 98.0 cm³/mol. The second-order valence-electron chi connectivity index (χ2n) is 5.77. The van der Waals surface area contributed by atoms with E-state index >= 15 is 0 Å². The lowest BCUT2D eigenvalue weighted by Crippen LogP contribution is -2.21. The van der Waals surface area contributed by atoms with Gasteiger partial charge in [0.05, 0.1) is 6.42 Å². The highest BCUT2D eigenvalue weighted by atomic mass is 16.2. The minimum atomic E-state index is -0.158. The summed E-state index contributed by atoms with van der Waals surface area (Å²) >= 11 is 0. The molecule has 5 nitrogen and oxygen atoms in total. The zero-order chi connectivity index (χ0) is 17.4. The highest BCUT2D eigenvalue weighted by Gasteiger charge is 2.06. The number of hydrazone groups is 1. The number of nitrogens with zero attached hydrogens (tertiary/aromatic N) is 1. The van der Waals surface area contributed by atoms with E-state index in [0.717, 1.165) is 29.3 Å². The van der Waals surface area contributed by atoms with Crippen molar-refractivity contribution in [2.45, 2.75) is 39.5 Å². The van der Waals surface area contributed by atoms with Gasteiger partial charge in [0.1, 0.15) is 0 Å². The fraction of sp³-hybridized carbons (Fsp3) is 0.316. The lowest BCUT2D eigenvalue weighted by Gasteiger charge is -2.07. The molecule has 0 saturated heterocycles. The van der Waals surface area contributed by atoms with Gasteiger partial charge < -0.3 is 5.32 Å². The Kier molecular flexibility index (Phi) is 6.49. The Morgan fingerprint density at radius 3 is 2.54 bits per heavy atom. The Hall–Kier alpha value is -2.69. The fourth-order valence-corrected chi connectivity index (χ4v) is 2.30. The summed E-state index contributed by atoms with van der Waals surface area (Å²) in [7, 11) is 0. The molecule has 0 saturated carbocycles. The summed E-state index contributed by atoms with van der Waals surface area (Å²) in [6, 6.07) is 13.8. The van der Waals surface area contributed by atoms with Gasteiger partial charge in [-0.3, -0.25) is 9.59 Å². The van der Waals surface area contributed by atoms with Gasteiger partial charge >= 0.3 is 0 Å². The average molecular weight is 325 g/mol. The van der Waals surface area contributed by atoms with Gasteiger partial charge in [-0.25, -0.2) is 5.43 Å². The second-order valence-corrected chi connectivity index (χ2v) is 5.77. The third kappa shape index (κ3) is 5.50. The van der Waals surface area contributed by atoms with Gasteiger partial charge in [-0.15, -0.1) is 0 Å². The normalized spacial score (nSPS) is 11.3. The summed E-state index contributed by atoms with van der Waals surface area (Å²) < 4.78 is 0. The minimum Gasteiger partial charge on any atom is -0.326 e. The van der Waals surface area contributed by atoms with Crippen LogP contribution in [0.25, 0.3) is 10.8 Å². The Morgan fingerprint density at radius 1 is 1.04 bits per heavy atom. The molecule has 2 rings (SSSR count). The van der Waals surface area contributed by atoms with Crippen molar-refractivity contribution in [2.24, 2.45) is 5.10 Å². The molecule has 126 valence electrons. The highest BCUT2D eigenvalue weighted by Crippen LogP contribution is 2.18. The minimum absolute atomic E-state index is 0.119. The van der Waals surface area contributed by atoms with E-state index in [1.54, 1.807) is 6.92 Å². The Bertz CT molecular complexity index is 753. The number of hydrogen-bond acceptors (Lipinski definition) is 3. The first-order valence-corrected chi connectivity index (χ1v) is 8.19. The first-order valence-electron chi connectivity index (χ1n) is 8.19. The molecule has 0 aliphatic carbocycles. The monoisotopic (exact) mass is 325 g/mol. The number of anilines is 1. The maximum atomic E-state index is 12.1. The summed E-state index contributed by atoms with van der Waals surface area (Å²) in [5, 5.41) is 9.02. The highest BCUT2D eigenvalue weighted by molar-refractivity contribution is 6.06. The summed E-state index contributed by atoms with van der Waals surface area (Å²) in [4.78, 5) is 23.6. The topological polar surface area (TPSA) is 70.6 Å². The number of carbonyl (C=O) groups excluding carboxylic acids is 2. The molecule has 0 radical (unpaired) electrons. The van der Waals surface area contributed by atoms with Crippen LogP contribution in [0.3, 0.4) is 0 Å². The Morgan fingerprint density at radius 2 is 1.79 bits per heavy atom. The summed E-state index contributed by atoms with van der Waals surface area (Å²) in [5.74, 6) is -0.277. The van der Waals surface area contributed by atoms with E-state index in [2.05, 4.69) is 15.8 Å². The van der Waals surface area contributed by atoms with Crippen LogP contribution >= 0.6 is 0 Å². The van der Waals surface area contributed by atoms with Crippen LogP contribution in [0.15, 0.2) is 47.6 Å². The van der Waals surface area contributed by atoms with E-state index in [9.17, 15) is 9.59 Å². The van der Waals surface area contributed by atoms with Gasteiger partial charge in [0.25, 0.3) is 0 Å². The van der Waals surface area contributed by atoms with E-state index in [1.807, 2.05) is 49.4 Å². The predicted octanol–water partition coefficient (Wildman–Crippen LogP) is 3.85. The molecule has 2 aromatic rings. The Labute approximate surface area is 142 Å². The van der Waals surface area contributed by atoms with Crippen LogP contribution in [0.5, 0.6) is 0 Å². The number of hydrogen-bond donors (Lipinski definition) is 2. The first-order chi connectivity index (χ1) is 11.6. The van der Waals surface area contributed by atoms with Crippen LogP contribution in [-0.4, -0.2) is 17.5 Å². The number of rotatable bonds is 7. The number of benzene rings is 2. The van der Waals surface area contributed by atoms with Crippen LogP contribution in [-0.2, 0) is 9.59 Å². The number of nitrogens with one attached hydrogen (secondary N) is 2. The molecule has 0 unspecified atom stereocenters. The van der Waals surface area contributed by atoms with E-state index in [1.165, 1.54) is 0 Å². The average Bonchev–Trinajstić information content (AvgIpc) is 2.58. The molecule has 0 spiro atoms. The maximum Gasteiger partial charge on any atom is 0.240 e. The molecule has 0 aliphatic heterocycles. The third-order valence-corrected chi connectivity index (χ3v) is 3.58. The second kappa shape index (κ2) is 8.82. The molecule has 0 atom stereocenters. The quantitative estimate of drug-likeness (QED) is 0.599. The molecule has 0 aromatic heterocycles. The van der Waals surface area contributed by atoms with E-state index in [4.69, 9.17) is 0 Å². The number of unbranched alkanes of at least 4 members (excludes halogenated alkanes) is 1. The molecule has 2 aromatic carbocycles.